The van der Waals surface area contributed by atoms with E-state index in [1.54, 1.807) is 6.92 Å². The fraction of sp³-hybridized carbons (Fsp3) is 0.182. The van der Waals surface area contributed by atoms with Gasteiger partial charge >= 0.3 is 0 Å². The first-order valence-electron chi connectivity index (χ1n) is 4.30. The second-order valence-corrected chi connectivity index (χ2v) is 3.75. The minimum atomic E-state index is 0.0200. The van der Waals surface area contributed by atoms with E-state index in [0.717, 1.165) is 10.9 Å². The van der Waals surface area contributed by atoms with Gasteiger partial charge in [0.05, 0.1) is 5.39 Å². The van der Waals surface area contributed by atoms with Crippen molar-refractivity contribution >= 4 is 26.9 Å². The predicted octanol–water partition coefficient (Wildman–Crippen LogP) is 3.00. The second kappa shape index (κ2) is 3.58. The number of alkyl halides is 1. The number of fused-ring (bicyclic) bond motifs is 1. The molecular weight excluding hydrogens is 244 g/mol. The molecule has 1 aromatic carbocycles. The Morgan fingerprint density at radius 3 is 2.86 bits per heavy atom. The quantitative estimate of drug-likeness (QED) is 0.731. The second-order valence-electron chi connectivity index (χ2n) is 3.19. The average Bonchev–Trinajstić information content (AvgIpc) is 2.17. The first-order valence-corrected chi connectivity index (χ1v) is 5.42. The third-order valence-electron chi connectivity index (χ3n) is 2.07. The lowest BCUT2D eigenvalue weighted by Crippen LogP contribution is -2.00. The van der Waals surface area contributed by atoms with Crippen LogP contribution in [-0.2, 0) is 5.33 Å². The Morgan fingerprint density at radius 2 is 2.14 bits per heavy atom. The molecule has 1 aromatic heterocycles. The maximum atomic E-state index is 11.6. The number of rotatable bonds is 1. The van der Waals surface area contributed by atoms with Crippen molar-refractivity contribution < 1.29 is 4.42 Å². The summed E-state index contributed by atoms with van der Waals surface area (Å²) in [6, 6.07) is 7.15. The first-order chi connectivity index (χ1) is 6.70. The van der Waals surface area contributed by atoms with Gasteiger partial charge in [0.25, 0.3) is 0 Å². The third kappa shape index (κ3) is 1.60. The Balaban J connectivity index is 2.82. The summed E-state index contributed by atoms with van der Waals surface area (Å²) in [7, 11) is 0. The monoisotopic (exact) mass is 252 g/mol. The van der Waals surface area contributed by atoms with Gasteiger partial charge in [-0.3, -0.25) is 4.79 Å². The van der Waals surface area contributed by atoms with Crippen molar-refractivity contribution in [3.8, 4) is 0 Å². The van der Waals surface area contributed by atoms with E-state index in [1.165, 1.54) is 6.07 Å². The van der Waals surface area contributed by atoms with Gasteiger partial charge in [-0.2, -0.15) is 0 Å². The highest BCUT2D eigenvalue weighted by atomic mass is 79.9. The van der Waals surface area contributed by atoms with Gasteiger partial charge in [0.15, 0.2) is 5.43 Å². The van der Waals surface area contributed by atoms with Crippen LogP contribution in [0.4, 0.5) is 0 Å². The van der Waals surface area contributed by atoms with Gasteiger partial charge in [0.2, 0.25) is 0 Å². The van der Waals surface area contributed by atoms with Crippen LogP contribution in [0.1, 0.15) is 11.3 Å². The molecule has 0 fully saturated rings. The Morgan fingerprint density at radius 1 is 1.36 bits per heavy atom. The SMILES string of the molecule is Cc1cc(=O)c2cc(CBr)ccc2o1. The Bertz CT molecular complexity index is 528. The van der Waals surface area contributed by atoms with Gasteiger partial charge in [-0.15, -0.1) is 0 Å². The number of hydrogen-bond donors (Lipinski definition) is 0. The number of halogens is 1. The van der Waals surface area contributed by atoms with E-state index in [9.17, 15) is 4.79 Å². The highest BCUT2D eigenvalue weighted by molar-refractivity contribution is 9.08. The van der Waals surface area contributed by atoms with Gasteiger partial charge in [-0.25, -0.2) is 0 Å². The summed E-state index contributed by atoms with van der Waals surface area (Å²) in [6.07, 6.45) is 0. The molecule has 3 heteroatoms. The van der Waals surface area contributed by atoms with Crippen molar-refractivity contribution in [3.05, 3.63) is 45.8 Å². The van der Waals surface area contributed by atoms with Crippen LogP contribution in [0, 0.1) is 6.92 Å². The Hall–Kier alpha value is -1.09. The predicted molar refractivity (Wildman–Crippen MR) is 59.9 cm³/mol. The molecule has 0 aliphatic heterocycles. The summed E-state index contributed by atoms with van der Waals surface area (Å²) in [6.45, 7) is 1.78. The molecule has 2 aromatic rings. The Labute approximate surface area is 89.7 Å². The number of hydrogen-bond acceptors (Lipinski definition) is 2. The molecule has 0 N–H and O–H groups in total. The number of benzene rings is 1. The summed E-state index contributed by atoms with van der Waals surface area (Å²) in [5.74, 6) is 0.647. The largest absolute Gasteiger partial charge is 0.461 e. The van der Waals surface area contributed by atoms with Crippen LogP contribution in [0.15, 0.2) is 33.5 Å². The molecule has 2 nitrogen and oxygen atoms in total. The minimum Gasteiger partial charge on any atom is -0.461 e. The fourth-order valence-corrected chi connectivity index (χ4v) is 1.76. The molecular formula is C11H9BrO2. The zero-order valence-corrected chi connectivity index (χ0v) is 9.30. The smallest absolute Gasteiger partial charge is 0.192 e. The van der Waals surface area contributed by atoms with Crippen molar-refractivity contribution in [3.63, 3.8) is 0 Å². The van der Waals surface area contributed by atoms with Crippen molar-refractivity contribution in [1.82, 2.24) is 0 Å². The van der Waals surface area contributed by atoms with Crippen molar-refractivity contribution in [1.29, 1.82) is 0 Å². The molecule has 0 atom stereocenters. The van der Waals surface area contributed by atoms with Crippen LogP contribution < -0.4 is 5.43 Å². The van der Waals surface area contributed by atoms with Crippen LogP contribution in [-0.4, -0.2) is 0 Å². The van der Waals surface area contributed by atoms with E-state index in [4.69, 9.17) is 4.42 Å². The topological polar surface area (TPSA) is 30.2 Å². The summed E-state index contributed by atoms with van der Waals surface area (Å²) in [5.41, 5.74) is 1.75. The van der Waals surface area contributed by atoms with Crippen LogP contribution >= 0.6 is 15.9 Å². The van der Waals surface area contributed by atoms with Gasteiger partial charge in [0.1, 0.15) is 11.3 Å². The molecule has 1 heterocycles. The van der Waals surface area contributed by atoms with E-state index in [2.05, 4.69) is 15.9 Å². The molecule has 0 amide bonds. The van der Waals surface area contributed by atoms with E-state index < -0.39 is 0 Å². The van der Waals surface area contributed by atoms with E-state index in [1.807, 2.05) is 18.2 Å². The molecule has 0 spiro atoms. The van der Waals surface area contributed by atoms with Gasteiger partial charge in [-0.1, -0.05) is 22.0 Å². The molecule has 0 saturated heterocycles. The van der Waals surface area contributed by atoms with Gasteiger partial charge in [0, 0.05) is 11.4 Å². The molecule has 0 bridgehead atoms. The van der Waals surface area contributed by atoms with Crippen LogP contribution in [0.5, 0.6) is 0 Å². The van der Waals surface area contributed by atoms with Crippen molar-refractivity contribution in [2.75, 3.05) is 0 Å². The van der Waals surface area contributed by atoms with E-state index in [-0.39, 0.29) is 5.43 Å². The summed E-state index contributed by atoms with van der Waals surface area (Å²) in [4.78, 5) is 11.6. The highest BCUT2D eigenvalue weighted by Gasteiger charge is 2.02. The minimum absolute atomic E-state index is 0.0200. The molecule has 72 valence electrons. The van der Waals surface area contributed by atoms with E-state index >= 15 is 0 Å². The van der Waals surface area contributed by atoms with E-state index in [0.29, 0.717) is 16.7 Å². The first kappa shape index (κ1) is 9.46. The number of aryl methyl sites for hydroxylation is 1. The lowest BCUT2D eigenvalue weighted by atomic mass is 10.1. The molecule has 0 radical (unpaired) electrons. The summed E-state index contributed by atoms with van der Waals surface area (Å²) in [5, 5.41) is 1.39. The maximum Gasteiger partial charge on any atom is 0.192 e. The van der Waals surface area contributed by atoms with Crippen molar-refractivity contribution in [2.45, 2.75) is 12.3 Å². The summed E-state index contributed by atoms with van der Waals surface area (Å²) >= 11 is 3.35. The standard InChI is InChI=1S/C11H9BrO2/c1-7-4-10(13)9-5-8(6-12)2-3-11(9)14-7/h2-5H,6H2,1H3. The summed E-state index contributed by atoms with van der Waals surface area (Å²) < 4.78 is 5.43. The average molecular weight is 253 g/mol. The van der Waals surface area contributed by atoms with Gasteiger partial charge in [-0.05, 0) is 24.6 Å². The normalized spacial score (nSPS) is 10.7. The lowest BCUT2D eigenvalue weighted by molar-refractivity contribution is 0.564. The molecule has 0 aliphatic carbocycles. The lowest BCUT2D eigenvalue weighted by Gasteiger charge is -2.00. The molecule has 2 rings (SSSR count). The zero-order chi connectivity index (χ0) is 10.1. The molecule has 0 unspecified atom stereocenters. The third-order valence-corrected chi connectivity index (χ3v) is 2.72. The van der Waals surface area contributed by atoms with Crippen molar-refractivity contribution in [2.24, 2.45) is 0 Å². The molecule has 0 saturated carbocycles. The fourth-order valence-electron chi connectivity index (χ4n) is 1.41. The molecule has 0 aliphatic rings. The molecule has 14 heavy (non-hydrogen) atoms. The van der Waals surface area contributed by atoms with Gasteiger partial charge < -0.3 is 4.42 Å². The van der Waals surface area contributed by atoms with Crippen LogP contribution in [0.2, 0.25) is 0 Å². The maximum absolute atomic E-state index is 11.6. The Kier molecular flexibility index (Phi) is 2.42. The van der Waals surface area contributed by atoms with Crippen LogP contribution in [0.25, 0.3) is 11.0 Å². The van der Waals surface area contributed by atoms with Crippen LogP contribution in [0.3, 0.4) is 0 Å². The zero-order valence-electron chi connectivity index (χ0n) is 7.71. The highest BCUT2D eigenvalue weighted by Crippen LogP contribution is 2.15.